The molecule has 2 fully saturated rings. The highest BCUT2D eigenvalue weighted by Crippen LogP contribution is 2.37. The molecule has 2 saturated heterocycles. The molecule has 0 aromatic rings. The minimum absolute atomic E-state index is 0.224. The molecular formula is C25H32O4. The largest absolute Gasteiger partial charge is 0.458 e. The Kier molecular flexibility index (Phi) is 8.18. The molecule has 2 heterocycles. The third kappa shape index (κ3) is 7.15. The molecule has 2 rings (SSSR count). The van der Waals surface area contributed by atoms with Gasteiger partial charge in [0.1, 0.15) is 24.4 Å². The van der Waals surface area contributed by atoms with Gasteiger partial charge < -0.3 is 14.6 Å². The second kappa shape index (κ2) is 10.4. The van der Waals surface area contributed by atoms with Crippen LogP contribution in [0.5, 0.6) is 0 Å². The van der Waals surface area contributed by atoms with Crippen LogP contribution in [0, 0.1) is 0 Å². The number of fused-ring (bicyclic) bond motifs is 1. The average Bonchev–Trinajstić information content (AvgIpc) is 3.44. The van der Waals surface area contributed by atoms with Gasteiger partial charge in [0.15, 0.2) is 0 Å². The lowest BCUT2D eigenvalue weighted by Gasteiger charge is -2.18. The van der Waals surface area contributed by atoms with E-state index in [0.29, 0.717) is 31.3 Å². The highest BCUT2D eigenvalue weighted by atomic mass is 16.6. The van der Waals surface area contributed by atoms with Crippen LogP contribution in [0.1, 0.15) is 39.0 Å². The number of carbonyl (C=O) groups excluding carboxylic acids is 1. The third-order valence-corrected chi connectivity index (χ3v) is 5.00. The fourth-order valence-corrected chi connectivity index (χ4v) is 3.19. The number of aliphatic hydroxyl groups excluding tert-OH is 1. The summed E-state index contributed by atoms with van der Waals surface area (Å²) in [5.74, 6) is -0.289. The Balaban J connectivity index is 2.11. The molecule has 156 valence electrons. The number of hydrogen-bond acceptors (Lipinski definition) is 4. The normalized spacial score (nSPS) is 29.7. The summed E-state index contributed by atoms with van der Waals surface area (Å²) in [7, 11) is 0. The SMILES string of the molecule is C=C(C)/C=C/C/C=C/C1CC(=C)[C@@H]2O[C@H]2[C@H](O)C(=C)CC(=C)C(=C)CCC(=O)O1. The van der Waals surface area contributed by atoms with E-state index in [9.17, 15) is 9.90 Å². The van der Waals surface area contributed by atoms with E-state index in [1.54, 1.807) is 0 Å². The van der Waals surface area contributed by atoms with Crippen molar-refractivity contribution >= 4 is 5.97 Å². The molecule has 0 radical (unpaired) electrons. The number of rotatable bonds is 4. The lowest BCUT2D eigenvalue weighted by Crippen LogP contribution is -2.23. The molecule has 4 heteroatoms. The molecule has 0 spiro atoms. The molecule has 0 aromatic heterocycles. The fraction of sp³-hybridized carbons (Fsp3) is 0.400. The first-order chi connectivity index (χ1) is 13.7. The number of aliphatic hydroxyl groups is 1. The van der Waals surface area contributed by atoms with E-state index in [4.69, 9.17) is 9.47 Å². The van der Waals surface area contributed by atoms with Gasteiger partial charge in [-0.15, -0.1) is 0 Å². The monoisotopic (exact) mass is 396 g/mol. The average molecular weight is 397 g/mol. The van der Waals surface area contributed by atoms with E-state index in [-0.39, 0.29) is 24.6 Å². The highest BCUT2D eigenvalue weighted by molar-refractivity contribution is 5.70. The Morgan fingerprint density at radius 2 is 1.86 bits per heavy atom. The summed E-state index contributed by atoms with van der Waals surface area (Å²) in [5, 5.41) is 10.5. The van der Waals surface area contributed by atoms with Gasteiger partial charge in [-0.05, 0) is 49.0 Å². The number of ether oxygens (including phenoxy) is 2. The maximum absolute atomic E-state index is 12.3. The summed E-state index contributed by atoms with van der Waals surface area (Å²) in [5.41, 5.74) is 3.94. The molecule has 0 aromatic carbocycles. The van der Waals surface area contributed by atoms with Crippen LogP contribution in [0.4, 0.5) is 0 Å². The molecule has 0 bridgehead atoms. The molecule has 0 aliphatic carbocycles. The van der Waals surface area contributed by atoms with Crippen molar-refractivity contribution in [2.24, 2.45) is 0 Å². The lowest BCUT2D eigenvalue weighted by atomic mass is 9.92. The Morgan fingerprint density at radius 3 is 2.55 bits per heavy atom. The molecule has 0 saturated carbocycles. The summed E-state index contributed by atoms with van der Waals surface area (Å²) in [4.78, 5) is 12.3. The van der Waals surface area contributed by atoms with Crippen LogP contribution in [-0.2, 0) is 14.3 Å². The molecule has 0 amide bonds. The van der Waals surface area contributed by atoms with E-state index in [1.165, 1.54) is 0 Å². The van der Waals surface area contributed by atoms with Gasteiger partial charge in [-0.3, -0.25) is 4.79 Å². The topological polar surface area (TPSA) is 59.1 Å². The van der Waals surface area contributed by atoms with Crippen LogP contribution in [0.2, 0.25) is 0 Å². The minimum Gasteiger partial charge on any atom is -0.458 e. The molecular weight excluding hydrogens is 364 g/mol. The standard InChI is InChI=1S/C25H32O4/c1-16(2)10-8-7-9-11-21-15-20(6)24-25(29-24)23(27)19(5)14-18(4)17(3)12-13-22(26)28-21/h8-11,21,23-25,27H,1,3-7,12-15H2,2H3/b10-8+,11-9+/t21?,23-,24+,25+/m1/s1. The molecule has 1 unspecified atom stereocenters. The molecule has 2 aliphatic rings. The van der Waals surface area contributed by atoms with Crippen LogP contribution in [0.3, 0.4) is 0 Å². The zero-order chi connectivity index (χ0) is 21.6. The van der Waals surface area contributed by atoms with Gasteiger partial charge in [0.25, 0.3) is 0 Å². The Bertz CT molecular complexity index is 768. The summed E-state index contributed by atoms with van der Waals surface area (Å²) in [6.07, 6.45) is 8.19. The summed E-state index contributed by atoms with van der Waals surface area (Å²) >= 11 is 0. The van der Waals surface area contributed by atoms with Crippen molar-refractivity contribution in [2.45, 2.75) is 63.4 Å². The lowest BCUT2D eigenvalue weighted by molar-refractivity contribution is -0.146. The molecule has 4 atom stereocenters. The van der Waals surface area contributed by atoms with Crippen molar-refractivity contribution in [2.75, 3.05) is 0 Å². The predicted octanol–water partition coefficient (Wildman–Crippen LogP) is 4.90. The minimum atomic E-state index is -0.784. The number of hydrogen-bond donors (Lipinski definition) is 1. The quantitative estimate of drug-likeness (QED) is 0.318. The Labute approximate surface area is 174 Å². The summed E-state index contributed by atoms with van der Waals surface area (Å²) in [6, 6.07) is 0. The van der Waals surface area contributed by atoms with Gasteiger partial charge >= 0.3 is 5.97 Å². The maximum atomic E-state index is 12.3. The van der Waals surface area contributed by atoms with E-state index in [0.717, 1.165) is 22.3 Å². The number of carbonyl (C=O) groups is 1. The third-order valence-electron chi connectivity index (χ3n) is 5.00. The first-order valence-corrected chi connectivity index (χ1v) is 9.92. The van der Waals surface area contributed by atoms with E-state index in [1.807, 2.05) is 31.2 Å². The first kappa shape index (κ1) is 22.9. The van der Waals surface area contributed by atoms with Gasteiger partial charge in [-0.1, -0.05) is 62.3 Å². The molecule has 29 heavy (non-hydrogen) atoms. The van der Waals surface area contributed by atoms with Crippen molar-refractivity contribution in [1.82, 2.24) is 0 Å². The van der Waals surface area contributed by atoms with Gasteiger partial charge in [-0.2, -0.15) is 0 Å². The zero-order valence-corrected chi connectivity index (χ0v) is 17.4. The van der Waals surface area contributed by atoms with Gasteiger partial charge in [0.05, 0.1) is 0 Å². The number of cyclic esters (lactones) is 1. The second-order valence-electron chi connectivity index (χ2n) is 7.81. The predicted molar refractivity (Wildman–Crippen MR) is 117 cm³/mol. The van der Waals surface area contributed by atoms with Crippen LogP contribution in [-0.4, -0.2) is 35.5 Å². The van der Waals surface area contributed by atoms with Crippen molar-refractivity contribution < 1.29 is 19.4 Å². The van der Waals surface area contributed by atoms with Crippen LogP contribution >= 0.6 is 0 Å². The number of esters is 1. The zero-order valence-electron chi connectivity index (χ0n) is 17.4. The molecule has 4 nitrogen and oxygen atoms in total. The van der Waals surface area contributed by atoms with Crippen molar-refractivity contribution in [3.63, 3.8) is 0 Å². The fourth-order valence-electron chi connectivity index (χ4n) is 3.19. The van der Waals surface area contributed by atoms with Crippen LogP contribution < -0.4 is 0 Å². The smallest absolute Gasteiger partial charge is 0.306 e. The Hall–Kier alpha value is -2.43. The van der Waals surface area contributed by atoms with Gasteiger partial charge in [0, 0.05) is 12.8 Å². The van der Waals surface area contributed by atoms with Crippen molar-refractivity contribution in [3.05, 3.63) is 85.1 Å². The van der Waals surface area contributed by atoms with Gasteiger partial charge in [-0.25, -0.2) is 0 Å². The van der Waals surface area contributed by atoms with E-state index >= 15 is 0 Å². The molecule has 1 N–H and O–H groups in total. The summed E-state index contributed by atoms with van der Waals surface area (Å²) in [6.45, 7) is 21.8. The summed E-state index contributed by atoms with van der Waals surface area (Å²) < 4.78 is 11.3. The van der Waals surface area contributed by atoms with Crippen LogP contribution in [0.25, 0.3) is 0 Å². The first-order valence-electron chi connectivity index (χ1n) is 9.92. The maximum Gasteiger partial charge on any atom is 0.306 e. The molecule has 2 aliphatic heterocycles. The van der Waals surface area contributed by atoms with Crippen LogP contribution in [0.15, 0.2) is 85.1 Å². The number of epoxide rings is 1. The van der Waals surface area contributed by atoms with Crippen molar-refractivity contribution in [3.8, 4) is 0 Å². The Morgan fingerprint density at radius 1 is 1.14 bits per heavy atom. The van der Waals surface area contributed by atoms with Gasteiger partial charge in [0.2, 0.25) is 0 Å². The van der Waals surface area contributed by atoms with E-state index < -0.39 is 12.2 Å². The van der Waals surface area contributed by atoms with E-state index in [2.05, 4.69) is 32.9 Å². The highest BCUT2D eigenvalue weighted by Gasteiger charge is 2.47. The van der Waals surface area contributed by atoms with Crippen molar-refractivity contribution in [1.29, 1.82) is 0 Å². The second-order valence-corrected chi connectivity index (χ2v) is 7.81. The number of allylic oxidation sites excluding steroid dienone is 6.